The average molecular weight is 762 g/mol. The Kier molecular flexibility index (Phi) is 10.2. The van der Waals surface area contributed by atoms with Crippen LogP contribution in [0.3, 0.4) is 0 Å². The summed E-state index contributed by atoms with van der Waals surface area (Å²) in [4.78, 5) is 50.0. The standard InChI is InChI=1S/C39H42Cl2N6O6/c1-26(27(2)48)47-37(50)46(36(49)38(47,3)4)31-8-6-29(7-9-31)44-17-19-45(20-18-44)30-10-12-32(13-11-30)51-22-33-23-52-39(53-33,24-43-16-15-42-25-43)34-14-5-28(40)21-35(34)41/h5-16,21,25-26,33H,17-20,22-24H2,1-4H3/t26?,33-,39-/m1/s1. The van der Waals surface area contributed by atoms with Crippen molar-refractivity contribution in [3.8, 4) is 5.75 Å². The molecule has 3 amide bonds. The number of ketones is 1. The molecule has 278 valence electrons. The fraction of sp³-hybridized carbons (Fsp3) is 0.385. The summed E-state index contributed by atoms with van der Waals surface area (Å²) >= 11 is 12.8. The summed E-state index contributed by atoms with van der Waals surface area (Å²) in [6, 6.07) is 19.6. The second-order valence-corrected chi connectivity index (χ2v) is 14.9. The second kappa shape index (κ2) is 14.7. The van der Waals surface area contributed by atoms with E-state index < -0.39 is 23.4 Å². The number of imidazole rings is 1. The molecule has 3 atom stereocenters. The van der Waals surface area contributed by atoms with Gasteiger partial charge in [0.1, 0.15) is 24.0 Å². The number of Topliss-reactive ketones (excluding diaryl/α,β-unsaturated/α-hetero) is 1. The van der Waals surface area contributed by atoms with Gasteiger partial charge in [-0.25, -0.2) is 14.7 Å². The van der Waals surface area contributed by atoms with Gasteiger partial charge in [-0.1, -0.05) is 29.3 Å². The molecule has 1 unspecified atom stereocenters. The lowest BCUT2D eigenvalue weighted by molar-refractivity contribution is -0.189. The van der Waals surface area contributed by atoms with Crippen LogP contribution in [0.2, 0.25) is 10.0 Å². The number of carbonyl (C=O) groups excluding carboxylic acids is 3. The van der Waals surface area contributed by atoms with E-state index in [-0.39, 0.29) is 17.8 Å². The minimum Gasteiger partial charge on any atom is -0.491 e. The van der Waals surface area contributed by atoms with Crippen molar-refractivity contribution in [3.05, 3.63) is 101 Å². The van der Waals surface area contributed by atoms with E-state index in [1.165, 1.54) is 16.7 Å². The molecule has 0 N–H and O–H groups in total. The number of hydrogen-bond acceptors (Lipinski definition) is 9. The monoisotopic (exact) mass is 760 g/mol. The van der Waals surface area contributed by atoms with Crippen LogP contribution >= 0.6 is 23.2 Å². The summed E-state index contributed by atoms with van der Waals surface area (Å²) in [5, 5.41) is 0.987. The van der Waals surface area contributed by atoms with E-state index in [2.05, 4.69) is 26.9 Å². The number of anilines is 3. The highest BCUT2D eigenvalue weighted by atomic mass is 35.5. The zero-order valence-electron chi connectivity index (χ0n) is 30.1. The molecule has 0 bridgehead atoms. The minimum atomic E-state index is -1.12. The van der Waals surface area contributed by atoms with Crippen LogP contribution in [0.15, 0.2) is 85.5 Å². The third-order valence-corrected chi connectivity index (χ3v) is 10.8. The van der Waals surface area contributed by atoms with Gasteiger partial charge in [0.25, 0.3) is 5.91 Å². The smallest absolute Gasteiger partial charge is 0.332 e. The van der Waals surface area contributed by atoms with Crippen molar-refractivity contribution in [1.29, 1.82) is 0 Å². The van der Waals surface area contributed by atoms with E-state index >= 15 is 0 Å². The largest absolute Gasteiger partial charge is 0.491 e. The Labute approximate surface area is 318 Å². The molecule has 0 aliphatic carbocycles. The topological polar surface area (TPSA) is 110 Å². The molecule has 14 heteroatoms. The number of ether oxygens (including phenoxy) is 3. The van der Waals surface area contributed by atoms with Gasteiger partial charge in [-0.2, -0.15) is 0 Å². The van der Waals surface area contributed by atoms with Gasteiger partial charge in [0, 0.05) is 60.5 Å². The quantitative estimate of drug-likeness (QED) is 0.161. The van der Waals surface area contributed by atoms with E-state index in [9.17, 15) is 14.4 Å². The summed E-state index contributed by atoms with van der Waals surface area (Å²) < 4.78 is 20.8. The van der Waals surface area contributed by atoms with Gasteiger partial charge in [-0.3, -0.25) is 9.59 Å². The average Bonchev–Trinajstić information content (AvgIpc) is 3.85. The van der Waals surface area contributed by atoms with Crippen LogP contribution in [0.5, 0.6) is 5.75 Å². The molecule has 12 nitrogen and oxygen atoms in total. The van der Waals surface area contributed by atoms with Crippen molar-refractivity contribution in [2.24, 2.45) is 0 Å². The van der Waals surface area contributed by atoms with Crippen molar-refractivity contribution in [2.45, 2.75) is 57.7 Å². The molecule has 1 aromatic heterocycles. The minimum absolute atomic E-state index is 0.170. The Morgan fingerprint density at radius 3 is 2.15 bits per heavy atom. The highest BCUT2D eigenvalue weighted by Crippen LogP contribution is 2.41. The predicted octanol–water partition coefficient (Wildman–Crippen LogP) is 6.39. The summed E-state index contributed by atoms with van der Waals surface area (Å²) in [5.74, 6) is -0.912. The van der Waals surface area contributed by atoms with Crippen molar-refractivity contribution < 1.29 is 28.6 Å². The first-order valence-electron chi connectivity index (χ1n) is 17.6. The summed E-state index contributed by atoms with van der Waals surface area (Å²) in [6.45, 7) is 10.6. The van der Waals surface area contributed by atoms with Crippen molar-refractivity contribution >= 4 is 58.0 Å². The molecule has 3 aliphatic rings. The molecule has 7 rings (SSSR count). The molecule has 3 saturated heterocycles. The van der Waals surface area contributed by atoms with E-state index in [1.807, 2.05) is 41.1 Å². The van der Waals surface area contributed by atoms with Gasteiger partial charge < -0.3 is 33.5 Å². The zero-order chi connectivity index (χ0) is 37.5. The van der Waals surface area contributed by atoms with Crippen LogP contribution < -0.4 is 19.4 Å². The van der Waals surface area contributed by atoms with Gasteiger partial charge >= 0.3 is 6.03 Å². The van der Waals surface area contributed by atoms with E-state index in [1.54, 1.807) is 57.6 Å². The molecular weight excluding hydrogens is 719 g/mol. The number of rotatable bonds is 11. The maximum absolute atomic E-state index is 13.3. The first-order valence-corrected chi connectivity index (χ1v) is 18.4. The summed E-state index contributed by atoms with van der Waals surface area (Å²) in [5.41, 5.74) is 2.16. The summed E-state index contributed by atoms with van der Waals surface area (Å²) in [7, 11) is 0. The second-order valence-electron chi connectivity index (χ2n) is 14.1. The maximum Gasteiger partial charge on any atom is 0.332 e. The van der Waals surface area contributed by atoms with Crippen LogP contribution in [0.25, 0.3) is 0 Å². The van der Waals surface area contributed by atoms with E-state index in [0.717, 1.165) is 43.3 Å². The molecule has 0 spiro atoms. The molecule has 53 heavy (non-hydrogen) atoms. The van der Waals surface area contributed by atoms with Crippen molar-refractivity contribution in [2.75, 3.05) is 54.1 Å². The Bertz CT molecular complexity index is 1970. The predicted molar refractivity (Wildman–Crippen MR) is 203 cm³/mol. The molecular formula is C39H42Cl2N6O6. The van der Waals surface area contributed by atoms with Crippen LogP contribution in [0.4, 0.5) is 21.9 Å². The molecule has 3 fully saturated rings. The Balaban J connectivity index is 0.927. The van der Waals surface area contributed by atoms with Crippen LogP contribution in [0.1, 0.15) is 33.3 Å². The van der Waals surface area contributed by atoms with Crippen LogP contribution in [0, 0.1) is 0 Å². The number of halogens is 2. The Morgan fingerprint density at radius 1 is 0.943 bits per heavy atom. The van der Waals surface area contributed by atoms with Crippen LogP contribution in [-0.2, 0) is 31.4 Å². The number of urea groups is 1. The molecule has 3 aliphatic heterocycles. The van der Waals surface area contributed by atoms with Crippen LogP contribution in [-0.4, -0.2) is 89.3 Å². The van der Waals surface area contributed by atoms with Gasteiger partial charge in [-0.05, 0) is 88.4 Å². The van der Waals surface area contributed by atoms with Gasteiger partial charge in [-0.15, -0.1) is 0 Å². The third-order valence-electron chi connectivity index (χ3n) is 10.2. The maximum atomic E-state index is 13.3. The molecule has 4 heterocycles. The number of amides is 3. The van der Waals surface area contributed by atoms with Gasteiger partial charge in [0.2, 0.25) is 5.79 Å². The molecule has 0 saturated carbocycles. The lowest BCUT2D eigenvalue weighted by Crippen LogP contribution is -2.51. The fourth-order valence-corrected chi connectivity index (χ4v) is 7.78. The van der Waals surface area contributed by atoms with Crippen molar-refractivity contribution in [3.63, 3.8) is 0 Å². The number of benzene rings is 3. The Hall–Kier alpha value is -4.62. The number of nitrogens with zero attached hydrogens (tertiary/aromatic N) is 6. The number of hydrogen-bond donors (Lipinski definition) is 0. The number of imide groups is 1. The highest BCUT2D eigenvalue weighted by Gasteiger charge is 2.54. The zero-order valence-corrected chi connectivity index (χ0v) is 31.6. The first kappa shape index (κ1) is 36.7. The summed E-state index contributed by atoms with van der Waals surface area (Å²) in [6.07, 6.45) is 4.92. The number of piperazine rings is 1. The first-order chi connectivity index (χ1) is 25.4. The molecule has 3 aromatic carbocycles. The van der Waals surface area contributed by atoms with E-state index in [4.69, 9.17) is 37.4 Å². The lowest BCUT2D eigenvalue weighted by atomic mass is 10.0. The Morgan fingerprint density at radius 2 is 1.57 bits per heavy atom. The van der Waals surface area contributed by atoms with E-state index in [0.29, 0.717) is 41.1 Å². The molecule has 4 aromatic rings. The number of aromatic nitrogens is 2. The normalized spacial score (nSPS) is 22.1. The number of carbonyl (C=O) groups is 3. The lowest BCUT2D eigenvalue weighted by Gasteiger charge is -2.37. The third kappa shape index (κ3) is 7.20. The molecule has 0 radical (unpaired) electrons. The highest BCUT2D eigenvalue weighted by molar-refractivity contribution is 6.35. The van der Waals surface area contributed by atoms with Gasteiger partial charge in [0.05, 0.1) is 36.2 Å². The SMILES string of the molecule is CC(=O)C(C)N1C(=O)N(c2ccc(N3CCN(c4ccc(OC[C@@H]5CO[C@@](Cn6ccnc6)(c6ccc(Cl)cc6Cl)O5)cc4)CC3)cc2)C(=O)C1(C)C. The fourth-order valence-electron chi connectivity index (χ4n) is 7.22. The van der Waals surface area contributed by atoms with Crippen molar-refractivity contribution in [1.82, 2.24) is 14.5 Å². The van der Waals surface area contributed by atoms with Gasteiger partial charge in [0.15, 0.2) is 5.78 Å².